The van der Waals surface area contributed by atoms with Crippen LogP contribution in [0.2, 0.25) is 0 Å². The maximum absolute atomic E-state index is 10.4. The van der Waals surface area contributed by atoms with Gasteiger partial charge in [0.25, 0.3) is 0 Å². The van der Waals surface area contributed by atoms with E-state index in [9.17, 15) is 4.79 Å². The van der Waals surface area contributed by atoms with Crippen LogP contribution in [0.5, 0.6) is 0 Å². The molecule has 0 bridgehead atoms. The van der Waals surface area contributed by atoms with Crippen LogP contribution in [0.4, 0.5) is 0 Å². The molecular formula is C9H11NO3. The van der Waals surface area contributed by atoms with E-state index in [1.165, 1.54) is 6.07 Å². The molecule has 1 aromatic rings. The number of carbonyl (C=O) groups is 1. The molecule has 0 aliphatic rings. The first-order chi connectivity index (χ1) is 6.24. The Morgan fingerprint density at radius 2 is 2.46 bits per heavy atom. The summed E-state index contributed by atoms with van der Waals surface area (Å²) in [6, 6.07) is 3.08. The molecule has 1 aromatic heterocycles. The second-order valence-corrected chi connectivity index (χ2v) is 2.49. The minimum absolute atomic E-state index is 0.0320. The molecular weight excluding hydrogens is 170 g/mol. The topological polar surface area (TPSA) is 62.5 Å². The summed E-state index contributed by atoms with van der Waals surface area (Å²) in [5.74, 6) is -0.468. The van der Waals surface area contributed by atoms with E-state index in [1.54, 1.807) is 12.1 Å². The monoisotopic (exact) mass is 181 g/mol. The number of furan rings is 1. The molecule has 0 saturated carbocycles. The van der Waals surface area contributed by atoms with Gasteiger partial charge in [0.2, 0.25) is 5.76 Å². The highest BCUT2D eigenvalue weighted by Gasteiger charge is 2.07. The van der Waals surface area contributed by atoms with Crippen LogP contribution in [-0.4, -0.2) is 17.6 Å². The maximum Gasteiger partial charge on any atom is 0.371 e. The third-order valence-electron chi connectivity index (χ3n) is 1.46. The van der Waals surface area contributed by atoms with Crippen molar-refractivity contribution < 1.29 is 14.3 Å². The van der Waals surface area contributed by atoms with E-state index in [1.807, 2.05) is 0 Å². The van der Waals surface area contributed by atoms with E-state index < -0.39 is 5.97 Å². The van der Waals surface area contributed by atoms with Crippen molar-refractivity contribution >= 4 is 5.97 Å². The Morgan fingerprint density at radius 1 is 1.69 bits per heavy atom. The lowest BCUT2D eigenvalue weighted by atomic mass is 10.4. The molecule has 0 aliphatic heterocycles. The molecule has 0 amide bonds. The van der Waals surface area contributed by atoms with E-state index in [2.05, 4.69) is 11.9 Å². The van der Waals surface area contributed by atoms with E-state index in [-0.39, 0.29) is 5.76 Å². The Hall–Kier alpha value is -1.55. The molecule has 0 spiro atoms. The second-order valence-electron chi connectivity index (χ2n) is 2.49. The Labute approximate surface area is 75.9 Å². The molecule has 0 radical (unpaired) electrons. The number of carboxylic acids is 1. The van der Waals surface area contributed by atoms with Crippen LogP contribution in [0.15, 0.2) is 29.2 Å². The highest BCUT2D eigenvalue weighted by molar-refractivity contribution is 5.84. The predicted octanol–water partition coefficient (Wildman–Crippen LogP) is 1.25. The normalized spacial score (nSPS) is 9.85. The number of hydrogen-bond donors (Lipinski definition) is 2. The van der Waals surface area contributed by atoms with Gasteiger partial charge in [-0.25, -0.2) is 4.79 Å². The van der Waals surface area contributed by atoms with E-state index in [0.717, 1.165) is 0 Å². The summed E-state index contributed by atoms with van der Waals surface area (Å²) in [7, 11) is 0. The smallest absolute Gasteiger partial charge is 0.371 e. The molecule has 4 nitrogen and oxygen atoms in total. The average molecular weight is 181 g/mol. The van der Waals surface area contributed by atoms with Crippen molar-refractivity contribution in [1.29, 1.82) is 0 Å². The van der Waals surface area contributed by atoms with Gasteiger partial charge in [-0.05, 0) is 12.1 Å². The van der Waals surface area contributed by atoms with Crippen LogP contribution in [0, 0.1) is 0 Å². The summed E-state index contributed by atoms with van der Waals surface area (Å²) < 4.78 is 5.00. The van der Waals surface area contributed by atoms with Gasteiger partial charge < -0.3 is 14.8 Å². The van der Waals surface area contributed by atoms with Gasteiger partial charge in [-0.3, -0.25) is 0 Å². The minimum atomic E-state index is -1.05. The van der Waals surface area contributed by atoms with Crippen LogP contribution < -0.4 is 5.32 Å². The quantitative estimate of drug-likeness (QED) is 0.530. The van der Waals surface area contributed by atoms with Crippen molar-refractivity contribution in [2.24, 2.45) is 0 Å². The van der Waals surface area contributed by atoms with Crippen LogP contribution in [0.25, 0.3) is 0 Å². The van der Waals surface area contributed by atoms with Crippen molar-refractivity contribution in [3.05, 3.63) is 36.3 Å². The SMILES string of the molecule is C=CCNCc1ccc(C(=O)O)o1. The number of aromatic carboxylic acids is 1. The van der Waals surface area contributed by atoms with Crippen molar-refractivity contribution in [1.82, 2.24) is 5.32 Å². The Morgan fingerprint density at radius 3 is 3.00 bits per heavy atom. The Kier molecular flexibility index (Phi) is 3.28. The summed E-state index contributed by atoms with van der Waals surface area (Å²) in [5.41, 5.74) is 0. The molecule has 0 unspecified atom stereocenters. The maximum atomic E-state index is 10.4. The van der Waals surface area contributed by atoms with Crippen LogP contribution >= 0.6 is 0 Å². The van der Waals surface area contributed by atoms with Gasteiger partial charge in [-0.15, -0.1) is 6.58 Å². The van der Waals surface area contributed by atoms with Crippen LogP contribution in [0.3, 0.4) is 0 Å². The molecule has 4 heteroatoms. The lowest BCUT2D eigenvalue weighted by Gasteiger charge is -1.96. The molecule has 1 rings (SSSR count). The number of nitrogens with one attached hydrogen (secondary N) is 1. The summed E-state index contributed by atoms with van der Waals surface area (Å²) in [6.45, 7) is 4.72. The average Bonchev–Trinajstić information content (AvgIpc) is 2.53. The Balaban J connectivity index is 2.49. The van der Waals surface area contributed by atoms with Gasteiger partial charge >= 0.3 is 5.97 Å². The highest BCUT2D eigenvalue weighted by Crippen LogP contribution is 2.06. The zero-order valence-electron chi connectivity index (χ0n) is 7.12. The molecule has 0 aromatic carbocycles. The molecule has 70 valence electrons. The zero-order chi connectivity index (χ0) is 9.68. The van der Waals surface area contributed by atoms with Crippen molar-refractivity contribution in [2.75, 3.05) is 6.54 Å². The molecule has 13 heavy (non-hydrogen) atoms. The lowest BCUT2D eigenvalue weighted by Crippen LogP contribution is -2.11. The summed E-state index contributed by atoms with van der Waals surface area (Å²) in [4.78, 5) is 10.4. The van der Waals surface area contributed by atoms with Gasteiger partial charge in [-0.1, -0.05) is 6.08 Å². The second kappa shape index (κ2) is 4.47. The standard InChI is InChI=1S/C9H11NO3/c1-2-5-10-6-7-3-4-8(13-7)9(11)12/h2-4,10H,1,5-6H2,(H,11,12). The zero-order valence-corrected chi connectivity index (χ0v) is 7.12. The lowest BCUT2D eigenvalue weighted by molar-refractivity contribution is 0.0660. The van der Waals surface area contributed by atoms with Gasteiger partial charge in [-0.2, -0.15) is 0 Å². The summed E-state index contributed by atoms with van der Waals surface area (Å²) in [5, 5.41) is 11.5. The summed E-state index contributed by atoms with van der Waals surface area (Å²) >= 11 is 0. The molecule has 0 aliphatic carbocycles. The van der Waals surface area contributed by atoms with E-state index in [4.69, 9.17) is 9.52 Å². The van der Waals surface area contributed by atoms with Crippen molar-refractivity contribution in [3.63, 3.8) is 0 Å². The van der Waals surface area contributed by atoms with Crippen molar-refractivity contribution in [3.8, 4) is 0 Å². The third-order valence-corrected chi connectivity index (χ3v) is 1.46. The fraction of sp³-hybridized carbons (Fsp3) is 0.222. The number of carboxylic acid groups (broad SMARTS) is 1. The Bertz CT molecular complexity index is 304. The molecule has 0 atom stereocenters. The van der Waals surface area contributed by atoms with E-state index in [0.29, 0.717) is 18.8 Å². The van der Waals surface area contributed by atoms with E-state index >= 15 is 0 Å². The van der Waals surface area contributed by atoms with Gasteiger partial charge in [0, 0.05) is 6.54 Å². The predicted molar refractivity (Wildman–Crippen MR) is 47.6 cm³/mol. The first kappa shape index (κ1) is 9.54. The third kappa shape index (κ3) is 2.76. The molecule has 0 fully saturated rings. The minimum Gasteiger partial charge on any atom is -0.475 e. The molecule has 1 heterocycles. The summed E-state index contributed by atoms with van der Waals surface area (Å²) in [6.07, 6.45) is 1.72. The number of hydrogen-bond acceptors (Lipinski definition) is 3. The fourth-order valence-electron chi connectivity index (χ4n) is 0.885. The van der Waals surface area contributed by atoms with Gasteiger partial charge in [0.15, 0.2) is 0 Å². The molecule has 2 N–H and O–H groups in total. The van der Waals surface area contributed by atoms with Crippen molar-refractivity contribution in [2.45, 2.75) is 6.54 Å². The van der Waals surface area contributed by atoms with Crippen LogP contribution in [0.1, 0.15) is 16.3 Å². The first-order valence-corrected chi connectivity index (χ1v) is 3.87. The fourth-order valence-corrected chi connectivity index (χ4v) is 0.885. The molecule has 0 saturated heterocycles. The first-order valence-electron chi connectivity index (χ1n) is 3.87. The van der Waals surface area contributed by atoms with Gasteiger partial charge in [0.1, 0.15) is 5.76 Å². The largest absolute Gasteiger partial charge is 0.475 e. The number of rotatable bonds is 5. The highest BCUT2D eigenvalue weighted by atomic mass is 16.4. The van der Waals surface area contributed by atoms with Crippen LogP contribution in [-0.2, 0) is 6.54 Å². The van der Waals surface area contributed by atoms with Gasteiger partial charge in [0.05, 0.1) is 6.54 Å².